The van der Waals surface area contributed by atoms with Crippen molar-refractivity contribution < 1.29 is 22.3 Å². The van der Waals surface area contributed by atoms with Crippen molar-refractivity contribution in [2.45, 2.75) is 18.6 Å². The van der Waals surface area contributed by atoms with Crippen LogP contribution in [0.5, 0.6) is 5.88 Å². The molecule has 1 unspecified atom stereocenters. The van der Waals surface area contributed by atoms with E-state index in [-0.39, 0.29) is 49.0 Å². The molecule has 1 fully saturated rings. The lowest BCUT2D eigenvalue weighted by Crippen LogP contribution is -2.45. The van der Waals surface area contributed by atoms with Crippen LogP contribution < -0.4 is 20.3 Å². The Labute approximate surface area is 194 Å². The number of aliphatic imine (C=N–C) groups is 1. The van der Waals surface area contributed by atoms with Crippen LogP contribution >= 0.6 is 24.0 Å². The van der Waals surface area contributed by atoms with E-state index in [1.165, 1.54) is 18.3 Å². The van der Waals surface area contributed by atoms with Crippen molar-refractivity contribution in [1.29, 1.82) is 0 Å². The van der Waals surface area contributed by atoms with Crippen LogP contribution in [0.15, 0.2) is 41.7 Å². The van der Waals surface area contributed by atoms with Crippen molar-refractivity contribution >= 4 is 35.8 Å². The Bertz CT molecular complexity index is 882. The van der Waals surface area contributed by atoms with Crippen molar-refractivity contribution in [1.82, 2.24) is 20.6 Å². The standard InChI is InChI=1S/C19H22F4N6O.HI/c1-24-18(27-9-11-30-17-14(19(21,22)23)4-2-8-26-17)28-13-6-10-29(12-13)16-15(20)5-3-7-25-16;/h2-5,7-8,13H,6,9-12H2,1H3,(H2,24,27,28);1H. The molecule has 2 aromatic heterocycles. The lowest BCUT2D eigenvalue weighted by Gasteiger charge is -2.20. The number of rotatable bonds is 6. The Morgan fingerprint density at radius 3 is 2.71 bits per heavy atom. The highest BCUT2D eigenvalue weighted by Crippen LogP contribution is 2.34. The van der Waals surface area contributed by atoms with Gasteiger partial charge in [-0.2, -0.15) is 13.2 Å². The van der Waals surface area contributed by atoms with Crippen LogP contribution in [0.3, 0.4) is 0 Å². The van der Waals surface area contributed by atoms with Gasteiger partial charge in [-0.25, -0.2) is 14.4 Å². The van der Waals surface area contributed by atoms with Crippen molar-refractivity contribution in [3.8, 4) is 5.88 Å². The smallest absolute Gasteiger partial charge is 0.421 e. The second-order valence-electron chi connectivity index (χ2n) is 6.59. The van der Waals surface area contributed by atoms with E-state index in [1.54, 1.807) is 19.3 Å². The number of nitrogens with zero attached hydrogens (tertiary/aromatic N) is 4. The molecule has 3 heterocycles. The van der Waals surface area contributed by atoms with Gasteiger partial charge in [0.25, 0.3) is 0 Å². The predicted molar refractivity (Wildman–Crippen MR) is 119 cm³/mol. The molecule has 1 aliphatic rings. The summed E-state index contributed by atoms with van der Waals surface area (Å²) in [6.07, 6.45) is -0.980. The largest absolute Gasteiger partial charge is 0.475 e. The number of nitrogens with one attached hydrogen (secondary N) is 2. The minimum atomic E-state index is -4.53. The molecule has 0 aromatic carbocycles. The van der Waals surface area contributed by atoms with E-state index in [1.807, 2.05) is 4.90 Å². The summed E-state index contributed by atoms with van der Waals surface area (Å²) in [5.41, 5.74) is -0.916. The highest BCUT2D eigenvalue weighted by Gasteiger charge is 2.35. The molecule has 12 heteroatoms. The highest BCUT2D eigenvalue weighted by atomic mass is 127. The molecule has 0 amide bonds. The van der Waals surface area contributed by atoms with Crippen LogP contribution in [0.2, 0.25) is 0 Å². The zero-order valence-electron chi connectivity index (χ0n) is 16.7. The third-order valence-corrected chi connectivity index (χ3v) is 4.50. The lowest BCUT2D eigenvalue weighted by atomic mass is 10.2. The molecule has 1 saturated heterocycles. The minimum absolute atomic E-state index is 0. The average molecular weight is 554 g/mol. The fourth-order valence-electron chi connectivity index (χ4n) is 3.11. The maximum Gasteiger partial charge on any atom is 0.421 e. The number of guanidine groups is 1. The fraction of sp³-hybridized carbons (Fsp3) is 0.421. The summed E-state index contributed by atoms with van der Waals surface area (Å²) in [6, 6.07) is 5.07. The third kappa shape index (κ3) is 6.80. The molecule has 0 saturated carbocycles. The molecule has 31 heavy (non-hydrogen) atoms. The van der Waals surface area contributed by atoms with E-state index in [2.05, 4.69) is 25.6 Å². The number of hydrogen-bond acceptors (Lipinski definition) is 5. The van der Waals surface area contributed by atoms with Gasteiger partial charge in [-0.05, 0) is 30.7 Å². The molecule has 0 radical (unpaired) electrons. The van der Waals surface area contributed by atoms with Gasteiger partial charge in [0.15, 0.2) is 17.6 Å². The van der Waals surface area contributed by atoms with Crippen LogP contribution in [-0.4, -0.2) is 55.3 Å². The first-order valence-corrected chi connectivity index (χ1v) is 9.36. The van der Waals surface area contributed by atoms with E-state index >= 15 is 0 Å². The summed E-state index contributed by atoms with van der Waals surface area (Å²) < 4.78 is 57.9. The van der Waals surface area contributed by atoms with Crippen molar-refractivity contribution in [2.24, 2.45) is 4.99 Å². The first kappa shape index (κ1) is 24.9. The molecule has 3 rings (SSSR count). The van der Waals surface area contributed by atoms with Gasteiger partial charge in [-0.15, -0.1) is 24.0 Å². The number of hydrogen-bond donors (Lipinski definition) is 2. The Balaban J connectivity index is 0.00000341. The quantitative estimate of drug-likeness (QED) is 0.188. The molecule has 1 atom stereocenters. The van der Waals surface area contributed by atoms with Gasteiger partial charge in [0.05, 0.1) is 6.54 Å². The molecular weight excluding hydrogens is 531 g/mol. The van der Waals surface area contributed by atoms with Gasteiger partial charge in [0, 0.05) is 38.6 Å². The summed E-state index contributed by atoms with van der Waals surface area (Å²) in [5.74, 6) is -0.0397. The summed E-state index contributed by atoms with van der Waals surface area (Å²) in [7, 11) is 1.59. The molecule has 2 aromatic rings. The number of aromatic nitrogens is 2. The molecule has 0 bridgehead atoms. The normalized spacial score (nSPS) is 16.6. The summed E-state index contributed by atoms with van der Waals surface area (Å²) in [5, 5.41) is 6.20. The first-order chi connectivity index (χ1) is 14.4. The van der Waals surface area contributed by atoms with Gasteiger partial charge in [0.1, 0.15) is 12.2 Å². The molecule has 7 nitrogen and oxygen atoms in total. The van der Waals surface area contributed by atoms with E-state index in [9.17, 15) is 17.6 Å². The van der Waals surface area contributed by atoms with Gasteiger partial charge in [-0.1, -0.05) is 0 Å². The minimum Gasteiger partial charge on any atom is -0.475 e. The number of pyridine rings is 2. The SMILES string of the molecule is CN=C(NCCOc1ncccc1C(F)(F)F)NC1CCN(c2ncccc2F)C1.I. The van der Waals surface area contributed by atoms with Gasteiger partial charge < -0.3 is 20.3 Å². The van der Waals surface area contributed by atoms with Crippen molar-refractivity contribution in [3.63, 3.8) is 0 Å². The van der Waals surface area contributed by atoms with Crippen molar-refractivity contribution in [3.05, 3.63) is 48.0 Å². The molecule has 170 valence electrons. The molecule has 2 N–H and O–H groups in total. The van der Waals surface area contributed by atoms with Crippen LogP contribution in [0.4, 0.5) is 23.4 Å². The number of alkyl halides is 3. The van der Waals surface area contributed by atoms with E-state index in [0.29, 0.717) is 24.9 Å². The Kier molecular flexibility index (Phi) is 9.07. The molecular formula is C19H23F4IN6O. The lowest BCUT2D eigenvalue weighted by molar-refractivity contribution is -0.139. The fourth-order valence-corrected chi connectivity index (χ4v) is 3.11. The molecule has 1 aliphatic heterocycles. The summed E-state index contributed by atoms with van der Waals surface area (Å²) in [6.45, 7) is 1.38. The van der Waals surface area contributed by atoms with Crippen molar-refractivity contribution in [2.75, 3.05) is 38.2 Å². The highest BCUT2D eigenvalue weighted by molar-refractivity contribution is 14.0. The first-order valence-electron chi connectivity index (χ1n) is 9.36. The van der Waals surface area contributed by atoms with Crippen LogP contribution in [0.25, 0.3) is 0 Å². The topological polar surface area (TPSA) is 74.7 Å². The predicted octanol–water partition coefficient (Wildman–Crippen LogP) is 3.08. The Morgan fingerprint density at radius 1 is 1.26 bits per heavy atom. The molecule has 0 spiro atoms. The maximum absolute atomic E-state index is 13.9. The van der Waals surface area contributed by atoms with E-state index in [4.69, 9.17) is 4.74 Å². The van der Waals surface area contributed by atoms with Gasteiger partial charge in [0.2, 0.25) is 5.88 Å². The second kappa shape index (κ2) is 11.3. The Morgan fingerprint density at radius 2 is 2.00 bits per heavy atom. The van der Waals surface area contributed by atoms with Gasteiger partial charge in [-0.3, -0.25) is 4.99 Å². The maximum atomic E-state index is 13.9. The summed E-state index contributed by atoms with van der Waals surface area (Å²) in [4.78, 5) is 13.7. The zero-order valence-corrected chi connectivity index (χ0v) is 19.0. The second-order valence-corrected chi connectivity index (χ2v) is 6.59. The number of ether oxygens (including phenoxy) is 1. The van der Waals surface area contributed by atoms with E-state index < -0.39 is 17.6 Å². The zero-order chi connectivity index (χ0) is 21.6. The Hall–Kier alpha value is -2.38. The van der Waals surface area contributed by atoms with Crippen LogP contribution in [0.1, 0.15) is 12.0 Å². The monoisotopic (exact) mass is 554 g/mol. The van der Waals surface area contributed by atoms with E-state index in [0.717, 1.165) is 12.5 Å². The number of halogens is 5. The van der Waals surface area contributed by atoms with Gasteiger partial charge >= 0.3 is 6.18 Å². The molecule has 0 aliphatic carbocycles. The number of anilines is 1. The third-order valence-electron chi connectivity index (χ3n) is 4.50. The summed E-state index contributed by atoms with van der Waals surface area (Å²) >= 11 is 0. The van der Waals surface area contributed by atoms with Crippen LogP contribution in [-0.2, 0) is 6.18 Å². The average Bonchev–Trinajstić information content (AvgIpc) is 3.18. The van der Waals surface area contributed by atoms with Crippen LogP contribution in [0, 0.1) is 5.82 Å².